The molecule has 0 amide bonds. The monoisotopic (exact) mass is 187 g/mol. The van der Waals surface area contributed by atoms with Gasteiger partial charge in [-0.15, -0.1) is 17.3 Å². The minimum Gasteiger partial charge on any atom is -0.391 e. The maximum atomic E-state index is 5.73. The lowest BCUT2D eigenvalue weighted by Gasteiger charge is -1.91. The molecule has 0 aliphatic carbocycles. The van der Waals surface area contributed by atoms with Crippen molar-refractivity contribution in [1.82, 2.24) is 0 Å². The van der Waals surface area contributed by atoms with Crippen LogP contribution in [0.15, 0.2) is 24.3 Å². The van der Waals surface area contributed by atoms with Crippen LogP contribution in [-0.4, -0.2) is 0 Å². The Hall–Kier alpha value is -1.46. The molecule has 1 heterocycles. The third-order valence-corrected chi connectivity index (χ3v) is 2.77. The highest BCUT2D eigenvalue weighted by Gasteiger charge is 2.01. The molecule has 1 nitrogen and oxygen atoms in total. The van der Waals surface area contributed by atoms with Crippen molar-refractivity contribution in [2.24, 2.45) is 0 Å². The second kappa shape index (κ2) is 3.12. The van der Waals surface area contributed by atoms with Crippen LogP contribution in [0.3, 0.4) is 0 Å². The Morgan fingerprint density at radius 2 is 2.23 bits per heavy atom. The van der Waals surface area contributed by atoms with Gasteiger partial charge in [0.15, 0.2) is 0 Å². The molecular formula is C11H9NS. The summed E-state index contributed by atoms with van der Waals surface area (Å²) in [5.41, 5.74) is 6.79. The van der Waals surface area contributed by atoms with Crippen molar-refractivity contribution in [2.45, 2.75) is 6.92 Å². The summed E-state index contributed by atoms with van der Waals surface area (Å²) in [6, 6.07) is 8.08. The van der Waals surface area contributed by atoms with Crippen LogP contribution in [0, 0.1) is 11.8 Å². The van der Waals surface area contributed by atoms with Crippen LogP contribution in [0.5, 0.6) is 0 Å². The van der Waals surface area contributed by atoms with Crippen LogP contribution in [-0.2, 0) is 0 Å². The average molecular weight is 187 g/mol. The third-order valence-electron chi connectivity index (χ3n) is 1.84. The summed E-state index contributed by atoms with van der Waals surface area (Å²) in [5, 5.41) is 2.01. The molecule has 13 heavy (non-hydrogen) atoms. The van der Waals surface area contributed by atoms with Crippen molar-refractivity contribution in [3.8, 4) is 11.8 Å². The quantitative estimate of drug-likeness (QED) is 0.630. The van der Waals surface area contributed by atoms with E-state index in [1.807, 2.05) is 25.1 Å². The summed E-state index contributed by atoms with van der Waals surface area (Å²) in [5.74, 6) is 5.96. The minimum absolute atomic E-state index is 0.848. The highest BCUT2D eigenvalue weighted by atomic mass is 32.1. The first kappa shape index (κ1) is 8.15. The normalized spacial score (nSPS) is 9.62. The van der Waals surface area contributed by atoms with Gasteiger partial charge in [0.2, 0.25) is 0 Å². The van der Waals surface area contributed by atoms with Gasteiger partial charge in [-0.2, -0.15) is 0 Å². The Morgan fingerprint density at radius 1 is 1.38 bits per heavy atom. The van der Waals surface area contributed by atoms with Gasteiger partial charge in [-0.05, 0) is 25.1 Å². The van der Waals surface area contributed by atoms with Crippen molar-refractivity contribution in [2.75, 3.05) is 5.73 Å². The van der Waals surface area contributed by atoms with Crippen molar-refractivity contribution >= 4 is 26.4 Å². The van der Waals surface area contributed by atoms with E-state index in [0.29, 0.717) is 0 Å². The van der Waals surface area contributed by atoms with Gasteiger partial charge < -0.3 is 5.73 Å². The Bertz CT molecular complexity index is 500. The SMILES string of the molecule is CC#Cc1cccc2sc(N)cc12. The zero-order valence-corrected chi connectivity index (χ0v) is 8.11. The molecule has 2 aromatic rings. The van der Waals surface area contributed by atoms with Crippen LogP contribution in [0.4, 0.5) is 5.00 Å². The van der Waals surface area contributed by atoms with Gasteiger partial charge in [-0.3, -0.25) is 0 Å². The highest BCUT2D eigenvalue weighted by molar-refractivity contribution is 7.22. The van der Waals surface area contributed by atoms with Crippen molar-refractivity contribution in [1.29, 1.82) is 0 Å². The van der Waals surface area contributed by atoms with Crippen LogP contribution >= 0.6 is 11.3 Å². The van der Waals surface area contributed by atoms with Crippen molar-refractivity contribution in [3.05, 3.63) is 29.8 Å². The predicted molar refractivity (Wildman–Crippen MR) is 58.8 cm³/mol. The van der Waals surface area contributed by atoms with Gasteiger partial charge in [0.1, 0.15) is 0 Å². The molecule has 0 aliphatic rings. The molecule has 2 heteroatoms. The Kier molecular flexibility index (Phi) is 1.96. The Morgan fingerprint density at radius 3 is 3.00 bits per heavy atom. The van der Waals surface area contributed by atoms with Crippen LogP contribution in [0.2, 0.25) is 0 Å². The number of anilines is 1. The largest absolute Gasteiger partial charge is 0.391 e. The first-order valence-corrected chi connectivity index (χ1v) is 4.83. The minimum atomic E-state index is 0.848. The van der Waals surface area contributed by atoms with Crippen molar-refractivity contribution < 1.29 is 0 Å². The molecule has 0 saturated carbocycles. The van der Waals surface area contributed by atoms with Crippen LogP contribution < -0.4 is 5.73 Å². The lowest BCUT2D eigenvalue weighted by Crippen LogP contribution is -1.75. The summed E-state index contributed by atoms with van der Waals surface area (Å²) in [7, 11) is 0. The maximum Gasteiger partial charge on any atom is 0.0869 e. The number of hydrogen-bond acceptors (Lipinski definition) is 2. The molecule has 0 spiro atoms. The average Bonchev–Trinajstić information content (AvgIpc) is 2.47. The predicted octanol–water partition coefficient (Wildman–Crippen LogP) is 2.85. The molecule has 0 bridgehead atoms. The molecular weight excluding hydrogens is 178 g/mol. The molecule has 64 valence electrons. The van der Waals surface area contributed by atoms with Crippen molar-refractivity contribution in [3.63, 3.8) is 0 Å². The molecule has 2 N–H and O–H groups in total. The third kappa shape index (κ3) is 1.39. The summed E-state index contributed by atoms with van der Waals surface area (Å²) in [6.07, 6.45) is 0. The lowest BCUT2D eigenvalue weighted by atomic mass is 10.1. The number of nitrogens with two attached hydrogens (primary N) is 1. The van der Waals surface area contributed by atoms with E-state index in [9.17, 15) is 0 Å². The van der Waals surface area contributed by atoms with E-state index in [2.05, 4.69) is 17.9 Å². The Balaban J connectivity index is 2.79. The van der Waals surface area contributed by atoms with E-state index in [-0.39, 0.29) is 0 Å². The van der Waals surface area contributed by atoms with Gasteiger partial charge in [0.05, 0.1) is 5.00 Å². The zero-order valence-electron chi connectivity index (χ0n) is 7.29. The number of rotatable bonds is 0. The van der Waals surface area contributed by atoms with Crippen LogP contribution in [0.1, 0.15) is 12.5 Å². The molecule has 0 atom stereocenters. The van der Waals surface area contributed by atoms with Gasteiger partial charge >= 0.3 is 0 Å². The molecule has 0 saturated heterocycles. The van der Waals surface area contributed by atoms with Gasteiger partial charge in [0, 0.05) is 15.6 Å². The number of thiophene rings is 1. The van der Waals surface area contributed by atoms with Gasteiger partial charge in [-0.25, -0.2) is 0 Å². The standard InChI is InChI=1S/C11H9NS/c1-2-4-8-5-3-6-10-9(8)7-11(12)13-10/h3,5-7H,12H2,1H3. The molecule has 0 unspecified atom stereocenters. The second-order valence-electron chi connectivity index (χ2n) is 2.74. The fourth-order valence-electron chi connectivity index (χ4n) is 1.32. The lowest BCUT2D eigenvalue weighted by molar-refractivity contribution is 1.75. The number of benzene rings is 1. The summed E-state index contributed by atoms with van der Waals surface area (Å²) < 4.78 is 1.21. The first-order valence-electron chi connectivity index (χ1n) is 4.02. The second-order valence-corrected chi connectivity index (χ2v) is 3.86. The van der Waals surface area contributed by atoms with E-state index in [0.717, 1.165) is 10.6 Å². The summed E-state index contributed by atoms with van der Waals surface area (Å²) in [4.78, 5) is 0. The highest BCUT2D eigenvalue weighted by Crippen LogP contribution is 2.29. The molecule has 1 aromatic carbocycles. The number of hydrogen-bond donors (Lipinski definition) is 1. The summed E-state index contributed by atoms with van der Waals surface area (Å²) >= 11 is 1.60. The fourth-order valence-corrected chi connectivity index (χ4v) is 2.18. The molecule has 2 rings (SSSR count). The molecule has 0 aliphatic heterocycles. The van der Waals surface area contributed by atoms with E-state index < -0.39 is 0 Å². The van der Waals surface area contributed by atoms with E-state index >= 15 is 0 Å². The Labute approximate surface area is 81.2 Å². The van der Waals surface area contributed by atoms with Gasteiger partial charge in [-0.1, -0.05) is 12.0 Å². The summed E-state index contributed by atoms with van der Waals surface area (Å²) in [6.45, 7) is 1.84. The smallest absolute Gasteiger partial charge is 0.0869 e. The molecule has 0 fully saturated rings. The van der Waals surface area contributed by atoms with Crippen LogP contribution in [0.25, 0.3) is 10.1 Å². The van der Waals surface area contributed by atoms with E-state index in [1.54, 1.807) is 11.3 Å². The number of fused-ring (bicyclic) bond motifs is 1. The molecule has 0 radical (unpaired) electrons. The zero-order chi connectivity index (χ0) is 9.26. The van der Waals surface area contributed by atoms with E-state index in [4.69, 9.17) is 5.73 Å². The van der Waals surface area contributed by atoms with E-state index in [1.165, 1.54) is 10.1 Å². The fraction of sp³-hybridized carbons (Fsp3) is 0.0909. The van der Waals surface area contributed by atoms with Gasteiger partial charge in [0.25, 0.3) is 0 Å². The number of nitrogen functional groups attached to an aromatic ring is 1. The maximum absolute atomic E-state index is 5.73. The molecule has 1 aromatic heterocycles. The first-order chi connectivity index (χ1) is 6.31. The topological polar surface area (TPSA) is 26.0 Å².